The van der Waals surface area contributed by atoms with Gasteiger partial charge in [-0.05, 0) is 24.6 Å². The summed E-state index contributed by atoms with van der Waals surface area (Å²) in [4.78, 5) is 28.5. The van der Waals surface area contributed by atoms with Crippen LogP contribution in [0.3, 0.4) is 0 Å². The van der Waals surface area contributed by atoms with Crippen molar-refractivity contribution in [1.82, 2.24) is 9.80 Å². The Labute approximate surface area is 153 Å². The molecule has 1 atom stereocenters. The standard InChI is InChI=1S/C18H21N3O3.ClH/c1-18(19,14-6-3-2-4-7-14)17(23)21-11-9-20(10-12-21)16(22)15-8-5-13-24-15;/h2-8,13H,9-12,19H2,1H3;1H. The third kappa shape index (κ3) is 3.86. The SMILES string of the molecule is CC(N)(C(=O)N1CCN(C(=O)c2ccco2)CC1)c1ccccc1.Cl. The van der Waals surface area contributed by atoms with Gasteiger partial charge < -0.3 is 20.0 Å². The molecule has 0 saturated carbocycles. The summed E-state index contributed by atoms with van der Waals surface area (Å²) in [7, 11) is 0. The topological polar surface area (TPSA) is 79.8 Å². The maximum atomic E-state index is 12.8. The van der Waals surface area contributed by atoms with Crippen molar-refractivity contribution in [3.63, 3.8) is 0 Å². The van der Waals surface area contributed by atoms with Crippen LogP contribution >= 0.6 is 12.4 Å². The lowest BCUT2D eigenvalue weighted by atomic mass is 9.91. The number of carbonyl (C=O) groups is 2. The first kappa shape index (κ1) is 19.0. The minimum atomic E-state index is -1.07. The van der Waals surface area contributed by atoms with Gasteiger partial charge in [0.1, 0.15) is 5.54 Å². The molecule has 2 amide bonds. The van der Waals surface area contributed by atoms with Crippen LogP contribution in [0.1, 0.15) is 23.0 Å². The number of furan rings is 1. The van der Waals surface area contributed by atoms with Crippen LogP contribution < -0.4 is 5.73 Å². The quantitative estimate of drug-likeness (QED) is 0.902. The Kier molecular flexibility index (Phi) is 5.87. The molecule has 2 heterocycles. The summed E-state index contributed by atoms with van der Waals surface area (Å²) in [6.45, 7) is 3.59. The zero-order valence-corrected chi connectivity index (χ0v) is 14.9. The fourth-order valence-corrected chi connectivity index (χ4v) is 2.91. The molecule has 1 fully saturated rings. The molecule has 1 aliphatic rings. The van der Waals surface area contributed by atoms with Gasteiger partial charge in [-0.15, -0.1) is 12.4 Å². The molecular weight excluding hydrogens is 342 g/mol. The van der Waals surface area contributed by atoms with Crippen LogP contribution in [-0.4, -0.2) is 47.8 Å². The molecule has 134 valence electrons. The van der Waals surface area contributed by atoms with E-state index in [1.807, 2.05) is 30.3 Å². The van der Waals surface area contributed by atoms with Crippen LogP contribution in [0.2, 0.25) is 0 Å². The molecule has 6 nitrogen and oxygen atoms in total. The maximum absolute atomic E-state index is 12.8. The lowest BCUT2D eigenvalue weighted by Crippen LogP contribution is -2.57. The molecule has 2 aromatic rings. The zero-order valence-electron chi connectivity index (χ0n) is 14.1. The van der Waals surface area contributed by atoms with Crippen molar-refractivity contribution in [2.45, 2.75) is 12.5 Å². The van der Waals surface area contributed by atoms with E-state index in [1.54, 1.807) is 28.9 Å². The maximum Gasteiger partial charge on any atom is 0.289 e. The first-order chi connectivity index (χ1) is 11.5. The number of amides is 2. The van der Waals surface area contributed by atoms with Crippen molar-refractivity contribution in [2.75, 3.05) is 26.2 Å². The molecule has 2 N–H and O–H groups in total. The Morgan fingerprint density at radius 1 is 1.00 bits per heavy atom. The number of carbonyl (C=O) groups excluding carboxylic acids is 2. The van der Waals surface area contributed by atoms with E-state index >= 15 is 0 Å². The molecule has 3 rings (SSSR count). The van der Waals surface area contributed by atoms with Crippen molar-refractivity contribution in [3.8, 4) is 0 Å². The number of nitrogens with two attached hydrogens (primary N) is 1. The molecule has 0 bridgehead atoms. The van der Waals surface area contributed by atoms with Gasteiger partial charge in [0.15, 0.2) is 5.76 Å². The van der Waals surface area contributed by atoms with Gasteiger partial charge in [-0.3, -0.25) is 9.59 Å². The largest absolute Gasteiger partial charge is 0.459 e. The average molecular weight is 364 g/mol. The number of hydrogen-bond acceptors (Lipinski definition) is 4. The highest BCUT2D eigenvalue weighted by atomic mass is 35.5. The fourth-order valence-electron chi connectivity index (χ4n) is 2.91. The minimum Gasteiger partial charge on any atom is -0.459 e. The molecule has 0 spiro atoms. The second kappa shape index (κ2) is 7.72. The molecule has 7 heteroatoms. The van der Waals surface area contributed by atoms with Gasteiger partial charge in [-0.25, -0.2) is 0 Å². The Bertz CT molecular complexity index is 708. The summed E-state index contributed by atoms with van der Waals surface area (Å²) in [5.74, 6) is 0.0483. The summed E-state index contributed by atoms with van der Waals surface area (Å²) in [6, 6.07) is 12.7. The Hall–Kier alpha value is -2.31. The van der Waals surface area contributed by atoms with Gasteiger partial charge in [0.05, 0.1) is 6.26 Å². The van der Waals surface area contributed by atoms with E-state index in [0.29, 0.717) is 31.9 Å². The van der Waals surface area contributed by atoms with Gasteiger partial charge in [-0.2, -0.15) is 0 Å². The number of piperazine rings is 1. The van der Waals surface area contributed by atoms with Crippen LogP contribution in [0.25, 0.3) is 0 Å². The first-order valence-electron chi connectivity index (χ1n) is 7.96. The first-order valence-corrected chi connectivity index (χ1v) is 7.96. The second-order valence-corrected chi connectivity index (χ2v) is 6.13. The van der Waals surface area contributed by atoms with E-state index in [9.17, 15) is 9.59 Å². The molecular formula is C18H22ClN3O3. The minimum absolute atomic E-state index is 0. The number of rotatable bonds is 3. The van der Waals surface area contributed by atoms with Crippen molar-refractivity contribution >= 4 is 24.2 Å². The van der Waals surface area contributed by atoms with Gasteiger partial charge in [0, 0.05) is 26.2 Å². The Morgan fingerprint density at radius 2 is 1.60 bits per heavy atom. The summed E-state index contributed by atoms with van der Waals surface area (Å²) < 4.78 is 5.14. The number of benzene rings is 1. The van der Waals surface area contributed by atoms with Crippen LogP contribution in [0, 0.1) is 0 Å². The summed E-state index contributed by atoms with van der Waals surface area (Å²) >= 11 is 0. The van der Waals surface area contributed by atoms with Crippen molar-refractivity contribution < 1.29 is 14.0 Å². The van der Waals surface area contributed by atoms with E-state index in [0.717, 1.165) is 5.56 Å². The van der Waals surface area contributed by atoms with Gasteiger partial charge in [0.25, 0.3) is 5.91 Å². The van der Waals surface area contributed by atoms with E-state index in [-0.39, 0.29) is 24.2 Å². The summed E-state index contributed by atoms with van der Waals surface area (Å²) in [5.41, 5.74) is 6.00. The van der Waals surface area contributed by atoms with Crippen LogP contribution in [-0.2, 0) is 10.3 Å². The highest BCUT2D eigenvalue weighted by molar-refractivity contribution is 5.92. The second-order valence-electron chi connectivity index (χ2n) is 6.13. The summed E-state index contributed by atoms with van der Waals surface area (Å²) in [6.07, 6.45) is 1.48. The molecule has 1 saturated heterocycles. The van der Waals surface area contributed by atoms with Crippen molar-refractivity contribution in [3.05, 3.63) is 60.1 Å². The summed E-state index contributed by atoms with van der Waals surface area (Å²) in [5, 5.41) is 0. The molecule has 1 aliphatic heterocycles. The van der Waals surface area contributed by atoms with E-state index in [2.05, 4.69) is 0 Å². The van der Waals surface area contributed by atoms with Crippen molar-refractivity contribution in [1.29, 1.82) is 0 Å². The van der Waals surface area contributed by atoms with E-state index in [1.165, 1.54) is 6.26 Å². The Morgan fingerprint density at radius 3 is 2.16 bits per heavy atom. The van der Waals surface area contributed by atoms with Crippen LogP contribution in [0.5, 0.6) is 0 Å². The van der Waals surface area contributed by atoms with E-state index < -0.39 is 5.54 Å². The molecule has 1 aromatic carbocycles. The van der Waals surface area contributed by atoms with Gasteiger partial charge >= 0.3 is 0 Å². The van der Waals surface area contributed by atoms with Crippen LogP contribution in [0.15, 0.2) is 53.1 Å². The fraction of sp³-hybridized carbons (Fsp3) is 0.333. The number of halogens is 1. The predicted molar refractivity (Wildman–Crippen MR) is 96.4 cm³/mol. The third-order valence-corrected chi connectivity index (χ3v) is 4.40. The highest BCUT2D eigenvalue weighted by Gasteiger charge is 2.36. The molecule has 1 aromatic heterocycles. The van der Waals surface area contributed by atoms with Crippen molar-refractivity contribution in [2.24, 2.45) is 5.73 Å². The van der Waals surface area contributed by atoms with E-state index in [4.69, 9.17) is 10.2 Å². The lowest BCUT2D eigenvalue weighted by Gasteiger charge is -2.38. The van der Waals surface area contributed by atoms with Crippen LogP contribution in [0.4, 0.5) is 0 Å². The molecule has 0 radical (unpaired) electrons. The zero-order chi connectivity index (χ0) is 17.2. The predicted octanol–water partition coefficient (Wildman–Crippen LogP) is 1.86. The Balaban J connectivity index is 0.00000225. The normalized spacial score (nSPS) is 16.7. The van der Waals surface area contributed by atoms with Gasteiger partial charge in [-0.1, -0.05) is 30.3 Å². The smallest absolute Gasteiger partial charge is 0.289 e. The average Bonchev–Trinajstić information content (AvgIpc) is 3.16. The van der Waals surface area contributed by atoms with Gasteiger partial charge in [0.2, 0.25) is 5.91 Å². The monoisotopic (exact) mass is 363 g/mol. The molecule has 25 heavy (non-hydrogen) atoms. The highest BCUT2D eigenvalue weighted by Crippen LogP contribution is 2.21. The molecule has 0 aliphatic carbocycles. The number of hydrogen-bond donors (Lipinski definition) is 1. The number of nitrogens with zero attached hydrogens (tertiary/aromatic N) is 2. The lowest BCUT2D eigenvalue weighted by molar-refractivity contribution is -0.138. The molecule has 1 unspecified atom stereocenters. The third-order valence-electron chi connectivity index (χ3n) is 4.40.